The molecule has 3 nitrogen and oxygen atoms in total. The van der Waals surface area contributed by atoms with E-state index < -0.39 is 0 Å². The quantitative estimate of drug-likeness (QED) is 0.670. The van der Waals surface area contributed by atoms with Gasteiger partial charge in [-0.15, -0.1) is 0 Å². The minimum Gasteiger partial charge on any atom is -0.557 e. The van der Waals surface area contributed by atoms with E-state index in [0.29, 0.717) is 6.61 Å². The van der Waals surface area contributed by atoms with Crippen LogP contribution in [-0.4, -0.2) is 20.8 Å². The Morgan fingerprint density at radius 3 is 1.08 bits per heavy atom. The molecule has 0 atom stereocenters. The first-order valence-electron chi connectivity index (χ1n) is 2.68. The Hall–Kier alpha value is 0.984. The standard InChI is InChI=1S/C3H7O.2C2H5O.CH3.Y/c1-3-4-2;2*1-3-2;;/h2-3H2,1H3;2*1H2,2H3;1H3;/q4*-1;. The van der Waals surface area contributed by atoms with Crippen molar-refractivity contribution < 1.29 is 46.9 Å². The second-order valence-corrected chi connectivity index (χ2v) is 1.07. The third-order valence-corrected chi connectivity index (χ3v) is 0.204. The Labute approximate surface area is 103 Å². The summed E-state index contributed by atoms with van der Waals surface area (Å²) in [5.74, 6) is 0. The van der Waals surface area contributed by atoms with Gasteiger partial charge in [0.2, 0.25) is 0 Å². The molecule has 0 aromatic rings. The van der Waals surface area contributed by atoms with Crippen molar-refractivity contribution in [2.75, 3.05) is 20.8 Å². The van der Waals surface area contributed by atoms with E-state index in [2.05, 4.69) is 35.5 Å². The van der Waals surface area contributed by atoms with E-state index in [-0.39, 0.29) is 40.1 Å². The van der Waals surface area contributed by atoms with Crippen LogP contribution in [0.3, 0.4) is 0 Å². The summed E-state index contributed by atoms with van der Waals surface area (Å²) in [7, 11) is 12.1. The molecule has 0 unspecified atom stereocenters. The monoisotopic (exact) mass is 253 g/mol. The zero-order chi connectivity index (χ0) is 8.83. The van der Waals surface area contributed by atoms with E-state index in [0.717, 1.165) is 0 Å². The molecule has 77 valence electrons. The van der Waals surface area contributed by atoms with Crippen molar-refractivity contribution in [2.45, 2.75) is 6.92 Å². The predicted octanol–water partition coefficient (Wildman–Crippen LogP) is 2.11. The topological polar surface area (TPSA) is 27.7 Å². The molecule has 0 heterocycles. The summed E-state index contributed by atoms with van der Waals surface area (Å²) in [6, 6.07) is 0. The second-order valence-electron chi connectivity index (χ2n) is 1.07. The number of ether oxygens (including phenoxy) is 3. The SMILES string of the molecule is [CH2-]OC.[CH2-]OC.[CH2-]OCC.[CH3-].[Y]. The summed E-state index contributed by atoms with van der Waals surface area (Å²) < 4.78 is 12.3. The molecule has 0 aliphatic carbocycles. The van der Waals surface area contributed by atoms with Gasteiger partial charge < -0.3 is 21.6 Å². The third-order valence-electron chi connectivity index (χ3n) is 0.204. The van der Waals surface area contributed by atoms with Crippen molar-refractivity contribution in [2.24, 2.45) is 0 Å². The first-order valence-corrected chi connectivity index (χ1v) is 2.68. The number of hydrogen-bond acceptors (Lipinski definition) is 3. The van der Waals surface area contributed by atoms with Gasteiger partial charge in [-0.1, -0.05) is 0 Å². The molecule has 0 fully saturated rings. The number of hydrogen-bond donors (Lipinski definition) is 0. The van der Waals surface area contributed by atoms with Crippen molar-refractivity contribution in [3.63, 3.8) is 0 Å². The maximum absolute atomic E-state index is 4.29. The van der Waals surface area contributed by atoms with Crippen LogP contribution in [0.15, 0.2) is 0 Å². The Kier molecular flexibility index (Phi) is 142. The number of rotatable bonds is 1. The van der Waals surface area contributed by atoms with Crippen LogP contribution in [0.25, 0.3) is 0 Å². The van der Waals surface area contributed by atoms with E-state index in [1.807, 2.05) is 6.92 Å². The normalized spacial score (nSPS) is 5.50. The van der Waals surface area contributed by atoms with Gasteiger partial charge in [-0.3, -0.25) is 0 Å². The van der Waals surface area contributed by atoms with Crippen LogP contribution in [0.1, 0.15) is 6.92 Å². The van der Waals surface area contributed by atoms with Crippen molar-refractivity contribution >= 4 is 0 Å². The molecule has 0 aliphatic rings. The summed E-state index contributed by atoms with van der Waals surface area (Å²) >= 11 is 0. The molecule has 0 amide bonds. The fourth-order valence-electron chi connectivity index (χ4n) is 0. The Morgan fingerprint density at radius 1 is 1.00 bits per heavy atom. The zero-order valence-corrected chi connectivity index (χ0v) is 11.5. The van der Waals surface area contributed by atoms with Gasteiger partial charge >= 0.3 is 0 Å². The van der Waals surface area contributed by atoms with Gasteiger partial charge in [0.25, 0.3) is 0 Å². The van der Waals surface area contributed by atoms with E-state index in [4.69, 9.17) is 0 Å². The van der Waals surface area contributed by atoms with Crippen LogP contribution >= 0.6 is 0 Å². The molecule has 0 saturated carbocycles. The predicted molar refractivity (Wildman–Crippen MR) is 48.1 cm³/mol. The van der Waals surface area contributed by atoms with Crippen molar-refractivity contribution in [1.29, 1.82) is 0 Å². The van der Waals surface area contributed by atoms with E-state index in [9.17, 15) is 0 Å². The summed E-state index contributed by atoms with van der Waals surface area (Å²) in [6.45, 7) is 2.60. The molecule has 0 bridgehead atoms. The molecule has 1 radical (unpaired) electrons. The van der Waals surface area contributed by atoms with Gasteiger partial charge in [0.15, 0.2) is 0 Å². The molecule has 0 aromatic carbocycles. The fourth-order valence-corrected chi connectivity index (χ4v) is 0. The van der Waals surface area contributed by atoms with Gasteiger partial charge in [0, 0.05) is 39.3 Å². The molecule has 0 N–H and O–H groups in total. The summed E-state index contributed by atoms with van der Waals surface area (Å²) in [4.78, 5) is 0. The van der Waals surface area contributed by atoms with Crippen LogP contribution in [-0.2, 0) is 46.9 Å². The van der Waals surface area contributed by atoms with E-state index >= 15 is 0 Å². The van der Waals surface area contributed by atoms with Gasteiger partial charge in [0.1, 0.15) is 0 Å². The van der Waals surface area contributed by atoms with Crippen molar-refractivity contribution in [1.82, 2.24) is 0 Å². The Balaban J connectivity index is -0.0000000191. The van der Waals surface area contributed by atoms with Crippen LogP contribution in [0.5, 0.6) is 0 Å². The van der Waals surface area contributed by atoms with Gasteiger partial charge in [-0.05, 0) is 21.1 Å². The molecule has 12 heavy (non-hydrogen) atoms. The van der Waals surface area contributed by atoms with Crippen molar-refractivity contribution in [3.8, 4) is 0 Å². The minimum absolute atomic E-state index is 0. The summed E-state index contributed by atoms with van der Waals surface area (Å²) in [5, 5.41) is 0. The Bertz CT molecular complexity index is 26.3. The molecular formula is C8H20O3Y-4. The van der Waals surface area contributed by atoms with Crippen molar-refractivity contribution in [3.05, 3.63) is 28.8 Å². The van der Waals surface area contributed by atoms with E-state index in [1.165, 1.54) is 14.2 Å². The smallest absolute Gasteiger partial charge is 0.00804 e. The molecular weight excluding hydrogens is 233 g/mol. The summed E-state index contributed by atoms with van der Waals surface area (Å²) in [5.41, 5.74) is 0. The molecule has 0 rings (SSSR count). The first-order chi connectivity index (χ1) is 4.74. The van der Waals surface area contributed by atoms with E-state index in [1.54, 1.807) is 0 Å². The second kappa shape index (κ2) is 58.2. The van der Waals surface area contributed by atoms with Crippen LogP contribution in [0, 0.1) is 28.8 Å². The zero-order valence-electron chi connectivity index (χ0n) is 8.63. The van der Waals surface area contributed by atoms with Gasteiger partial charge in [-0.2, -0.15) is 0 Å². The molecule has 0 spiro atoms. The average molecular weight is 253 g/mol. The van der Waals surface area contributed by atoms with Crippen LogP contribution in [0.4, 0.5) is 0 Å². The van der Waals surface area contributed by atoms with Gasteiger partial charge in [-0.25, -0.2) is 21.3 Å². The average Bonchev–Trinajstić information content (AvgIpc) is 1.91. The molecule has 0 aromatic heterocycles. The minimum atomic E-state index is 0. The third kappa shape index (κ3) is 278. The molecule has 0 saturated heterocycles. The summed E-state index contributed by atoms with van der Waals surface area (Å²) in [6.07, 6.45) is 0. The van der Waals surface area contributed by atoms with Crippen LogP contribution < -0.4 is 0 Å². The fraction of sp³-hybridized carbons (Fsp3) is 0.500. The van der Waals surface area contributed by atoms with Crippen LogP contribution in [0.2, 0.25) is 0 Å². The maximum atomic E-state index is 4.29. The molecule has 4 heteroatoms. The Morgan fingerprint density at radius 2 is 1.08 bits per heavy atom. The largest absolute Gasteiger partial charge is 0.557 e. The molecule has 0 aliphatic heterocycles. The number of methoxy groups -OCH3 is 2. The first kappa shape index (κ1) is 29.3. The van der Waals surface area contributed by atoms with Gasteiger partial charge in [0.05, 0.1) is 0 Å². The maximum Gasteiger partial charge on any atom is 0.00804 e.